The van der Waals surface area contributed by atoms with Crippen molar-refractivity contribution in [3.05, 3.63) is 28.5 Å². The second-order valence-corrected chi connectivity index (χ2v) is 5.06. The van der Waals surface area contributed by atoms with E-state index in [1.807, 2.05) is 12.3 Å². The maximum atomic E-state index is 4.10. The minimum atomic E-state index is 0.325. The van der Waals surface area contributed by atoms with Crippen LogP contribution in [-0.2, 0) is 6.42 Å². The molecular formula is C10H14BrN. The minimum absolute atomic E-state index is 0.325. The molecule has 1 heterocycles. The first-order valence-corrected chi connectivity index (χ1v) is 4.87. The van der Waals surface area contributed by atoms with Crippen molar-refractivity contribution in [1.29, 1.82) is 0 Å². The molecule has 0 radical (unpaired) electrons. The molecule has 0 atom stereocenters. The summed E-state index contributed by atoms with van der Waals surface area (Å²) in [4.78, 5) is 4.10. The molecule has 66 valence electrons. The second kappa shape index (κ2) is 3.56. The molecule has 1 rings (SSSR count). The van der Waals surface area contributed by atoms with E-state index in [1.54, 1.807) is 6.20 Å². The lowest BCUT2D eigenvalue weighted by Crippen LogP contribution is -2.09. The molecule has 0 aliphatic heterocycles. The van der Waals surface area contributed by atoms with E-state index in [0.29, 0.717) is 5.41 Å². The number of nitrogens with zero attached hydrogens (tertiary/aromatic N) is 1. The van der Waals surface area contributed by atoms with Crippen LogP contribution >= 0.6 is 15.9 Å². The number of hydrogen-bond donors (Lipinski definition) is 0. The van der Waals surface area contributed by atoms with E-state index < -0.39 is 0 Å². The summed E-state index contributed by atoms with van der Waals surface area (Å²) < 4.78 is 1.16. The highest BCUT2D eigenvalue weighted by molar-refractivity contribution is 9.10. The molecule has 0 bridgehead atoms. The molecule has 0 fully saturated rings. The van der Waals surface area contributed by atoms with Crippen molar-refractivity contribution in [2.75, 3.05) is 0 Å². The predicted molar refractivity (Wildman–Crippen MR) is 55.1 cm³/mol. The molecule has 0 aliphatic carbocycles. The van der Waals surface area contributed by atoms with Gasteiger partial charge >= 0.3 is 0 Å². The van der Waals surface area contributed by atoms with Gasteiger partial charge in [0.05, 0.1) is 0 Å². The van der Waals surface area contributed by atoms with Gasteiger partial charge in [0.15, 0.2) is 0 Å². The van der Waals surface area contributed by atoms with E-state index >= 15 is 0 Å². The fourth-order valence-electron chi connectivity index (χ4n) is 1.11. The summed E-state index contributed by atoms with van der Waals surface area (Å²) in [6.07, 6.45) is 4.78. The first-order chi connectivity index (χ1) is 5.49. The number of rotatable bonds is 1. The van der Waals surface area contributed by atoms with Gasteiger partial charge in [-0.2, -0.15) is 0 Å². The lowest BCUT2D eigenvalue weighted by atomic mass is 9.89. The molecule has 0 spiro atoms. The first-order valence-electron chi connectivity index (χ1n) is 4.07. The van der Waals surface area contributed by atoms with Crippen molar-refractivity contribution < 1.29 is 0 Å². The standard InChI is InChI=1S/C10H14BrN/c1-10(2,3)6-8-7-12-5-4-9(8)11/h4-5,7H,6H2,1-3H3. The Kier molecular flexibility index (Phi) is 2.89. The molecule has 0 aliphatic rings. The molecule has 0 aromatic carbocycles. The molecular weight excluding hydrogens is 214 g/mol. The van der Waals surface area contributed by atoms with E-state index in [9.17, 15) is 0 Å². The predicted octanol–water partition coefficient (Wildman–Crippen LogP) is 3.43. The first kappa shape index (κ1) is 9.72. The fourth-order valence-corrected chi connectivity index (χ4v) is 1.47. The molecule has 12 heavy (non-hydrogen) atoms. The molecule has 1 aromatic rings. The van der Waals surface area contributed by atoms with Gasteiger partial charge in [-0.05, 0) is 23.5 Å². The van der Waals surface area contributed by atoms with Crippen LogP contribution in [0.5, 0.6) is 0 Å². The summed E-state index contributed by atoms with van der Waals surface area (Å²) in [5.41, 5.74) is 1.61. The van der Waals surface area contributed by atoms with Gasteiger partial charge < -0.3 is 0 Å². The van der Waals surface area contributed by atoms with Gasteiger partial charge in [-0.15, -0.1) is 0 Å². The van der Waals surface area contributed by atoms with E-state index in [4.69, 9.17) is 0 Å². The van der Waals surface area contributed by atoms with Crippen LogP contribution in [0.1, 0.15) is 26.3 Å². The van der Waals surface area contributed by atoms with Crippen molar-refractivity contribution in [2.45, 2.75) is 27.2 Å². The topological polar surface area (TPSA) is 12.9 Å². The summed E-state index contributed by atoms with van der Waals surface area (Å²) >= 11 is 3.51. The van der Waals surface area contributed by atoms with Crippen molar-refractivity contribution in [2.24, 2.45) is 5.41 Å². The third kappa shape index (κ3) is 2.94. The quantitative estimate of drug-likeness (QED) is 0.717. The van der Waals surface area contributed by atoms with E-state index in [1.165, 1.54) is 5.56 Å². The lowest BCUT2D eigenvalue weighted by molar-refractivity contribution is 0.410. The van der Waals surface area contributed by atoms with Crippen LogP contribution in [0.15, 0.2) is 22.9 Å². The van der Waals surface area contributed by atoms with Crippen LogP contribution in [0.25, 0.3) is 0 Å². The maximum Gasteiger partial charge on any atom is 0.0311 e. The normalized spacial score (nSPS) is 11.7. The average Bonchev–Trinajstić information content (AvgIpc) is 1.91. The number of aromatic nitrogens is 1. The van der Waals surface area contributed by atoms with Crippen molar-refractivity contribution in [1.82, 2.24) is 4.98 Å². The molecule has 1 nitrogen and oxygen atoms in total. The second-order valence-electron chi connectivity index (χ2n) is 4.20. The third-order valence-corrected chi connectivity index (χ3v) is 2.34. The van der Waals surface area contributed by atoms with E-state index in [0.717, 1.165) is 10.9 Å². The molecule has 0 amide bonds. The van der Waals surface area contributed by atoms with Crippen LogP contribution in [0, 0.1) is 5.41 Å². The van der Waals surface area contributed by atoms with Gasteiger partial charge in [0.1, 0.15) is 0 Å². The van der Waals surface area contributed by atoms with E-state index in [-0.39, 0.29) is 0 Å². The summed E-state index contributed by atoms with van der Waals surface area (Å²) in [6.45, 7) is 6.69. The summed E-state index contributed by atoms with van der Waals surface area (Å²) in [7, 11) is 0. The maximum absolute atomic E-state index is 4.10. The Labute approximate surface area is 82.3 Å². The Morgan fingerprint density at radius 1 is 1.42 bits per heavy atom. The molecule has 0 N–H and O–H groups in total. The third-order valence-electron chi connectivity index (χ3n) is 1.56. The van der Waals surface area contributed by atoms with Crippen LogP contribution in [0.4, 0.5) is 0 Å². The van der Waals surface area contributed by atoms with Gasteiger partial charge in [-0.3, -0.25) is 4.98 Å². The molecule has 0 saturated carbocycles. The Bertz CT molecular complexity index is 263. The zero-order chi connectivity index (χ0) is 9.19. The number of halogens is 1. The SMILES string of the molecule is CC(C)(C)Cc1cnccc1Br. The van der Waals surface area contributed by atoms with Gasteiger partial charge in [0.2, 0.25) is 0 Å². The van der Waals surface area contributed by atoms with E-state index in [2.05, 4.69) is 41.7 Å². The molecule has 1 aromatic heterocycles. The van der Waals surface area contributed by atoms with Crippen LogP contribution in [0.3, 0.4) is 0 Å². The Balaban J connectivity index is 2.83. The van der Waals surface area contributed by atoms with Crippen molar-refractivity contribution >= 4 is 15.9 Å². The smallest absolute Gasteiger partial charge is 0.0311 e. The van der Waals surface area contributed by atoms with Gasteiger partial charge in [0, 0.05) is 16.9 Å². The highest BCUT2D eigenvalue weighted by atomic mass is 79.9. The molecule has 2 heteroatoms. The van der Waals surface area contributed by atoms with Crippen molar-refractivity contribution in [3.8, 4) is 0 Å². The van der Waals surface area contributed by atoms with Gasteiger partial charge in [-0.25, -0.2) is 0 Å². The van der Waals surface area contributed by atoms with Crippen molar-refractivity contribution in [3.63, 3.8) is 0 Å². The highest BCUT2D eigenvalue weighted by Gasteiger charge is 2.12. The zero-order valence-electron chi connectivity index (χ0n) is 7.76. The summed E-state index contributed by atoms with van der Waals surface area (Å²) in [5, 5.41) is 0. The zero-order valence-corrected chi connectivity index (χ0v) is 9.35. The Morgan fingerprint density at radius 2 is 2.08 bits per heavy atom. The summed E-state index contributed by atoms with van der Waals surface area (Å²) in [6, 6.07) is 1.99. The summed E-state index contributed by atoms with van der Waals surface area (Å²) in [5.74, 6) is 0. The highest BCUT2D eigenvalue weighted by Crippen LogP contribution is 2.24. The largest absolute Gasteiger partial charge is 0.264 e. The molecule has 0 unspecified atom stereocenters. The Morgan fingerprint density at radius 3 is 2.58 bits per heavy atom. The Hall–Kier alpha value is -0.370. The number of pyridine rings is 1. The monoisotopic (exact) mass is 227 g/mol. The molecule has 0 saturated heterocycles. The van der Waals surface area contributed by atoms with Crippen LogP contribution in [-0.4, -0.2) is 4.98 Å². The van der Waals surface area contributed by atoms with Gasteiger partial charge in [0.25, 0.3) is 0 Å². The van der Waals surface area contributed by atoms with Crippen LogP contribution < -0.4 is 0 Å². The van der Waals surface area contributed by atoms with Crippen LogP contribution in [0.2, 0.25) is 0 Å². The fraction of sp³-hybridized carbons (Fsp3) is 0.500. The average molecular weight is 228 g/mol. The van der Waals surface area contributed by atoms with Gasteiger partial charge in [-0.1, -0.05) is 36.7 Å². The number of hydrogen-bond acceptors (Lipinski definition) is 1. The lowest BCUT2D eigenvalue weighted by Gasteiger charge is -2.18. The minimum Gasteiger partial charge on any atom is -0.264 e.